The molecule has 0 radical (unpaired) electrons. The van der Waals surface area contributed by atoms with Crippen molar-refractivity contribution in [2.75, 3.05) is 11.9 Å². The number of pyridine rings is 1. The molecule has 0 aliphatic rings. The molecule has 4 nitrogen and oxygen atoms in total. The molecule has 0 aromatic carbocycles. The molecule has 0 bridgehead atoms. The van der Waals surface area contributed by atoms with E-state index in [1.165, 1.54) is 16.2 Å². The average Bonchev–Trinajstić information content (AvgIpc) is 3.15. The van der Waals surface area contributed by atoms with Gasteiger partial charge in [-0.25, -0.2) is 4.98 Å². The molecule has 0 fully saturated rings. The first-order valence-electron chi connectivity index (χ1n) is 6.98. The number of nitrogens with one attached hydrogen (secondary N) is 1. The molecule has 0 amide bonds. The molecular weight excluding hydrogens is 373 g/mol. The lowest BCUT2D eigenvalue weighted by Crippen LogP contribution is -2.26. The zero-order valence-corrected chi connectivity index (χ0v) is 15.2. The number of anilines is 1. The Kier molecular flexibility index (Phi) is 5.41. The van der Waals surface area contributed by atoms with Crippen LogP contribution >= 0.6 is 45.9 Å². The van der Waals surface area contributed by atoms with E-state index in [9.17, 15) is 0 Å². The van der Waals surface area contributed by atoms with Crippen molar-refractivity contribution in [1.82, 2.24) is 4.98 Å². The number of hydrogen-bond acceptors (Lipinski definition) is 6. The summed E-state index contributed by atoms with van der Waals surface area (Å²) in [5.74, 6) is 0. The number of rotatable bonds is 6. The van der Waals surface area contributed by atoms with Crippen molar-refractivity contribution in [3.05, 3.63) is 43.5 Å². The fourth-order valence-electron chi connectivity index (χ4n) is 2.21. The van der Waals surface area contributed by atoms with Gasteiger partial charge in [0.25, 0.3) is 0 Å². The van der Waals surface area contributed by atoms with Crippen LogP contribution in [0.4, 0.5) is 5.69 Å². The van der Waals surface area contributed by atoms with Gasteiger partial charge in [-0.3, -0.25) is 0 Å². The maximum Gasteiger partial charge on any atom is 0.131 e. The highest BCUT2D eigenvalue weighted by Gasteiger charge is 2.17. The van der Waals surface area contributed by atoms with E-state index in [2.05, 4.69) is 16.4 Å². The van der Waals surface area contributed by atoms with Gasteiger partial charge in [0.05, 0.1) is 22.0 Å². The van der Waals surface area contributed by atoms with E-state index in [1.54, 1.807) is 17.4 Å². The molecule has 3 heterocycles. The summed E-state index contributed by atoms with van der Waals surface area (Å²) in [6, 6.07) is 5.57. The molecule has 3 aromatic heterocycles. The van der Waals surface area contributed by atoms with Crippen LogP contribution in [0.5, 0.6) is 0 Å². The maximum absolute atomic E-state index is 9.14. The first-order valence-corrected chi connectivity index (χ1v) is 9.43. The molecule has 1 atom stereocenters. The summed E-state index contributed by atoms with van der Waals surface area (Å²) in [7, 11) is 0. The first kappa shape index (κ1) is 17.0. The summed E-state index contributed by atoms with van der Waals surface area (Å²) in [6.07, 6.45) is 0.512. The van der Waals surface area contributed by atoms with Crippen molar-refractivity contribution < 1.29 is 5.11 Å². The Bertz CT molecular complexity index is 805. The normalized spacial score (nSPS) is 12.7. The quantitative estimate of drug-likeness (QED) is 0.555. The summed E-state index contributed by atoms with van der Waals surface area (Å²) in [5.41, 5.74) is 7.41. The molecule has 0 spiro atoms. The Labute approximate surface area is 151 Å². The zero-order chi connectivity index (χ0) is 16.4. The lowest BCUT2D eigenvalue weighted by molar-refractivity contribution is 0.266. The van der Waals surface area contributed by atoms with Crippen molar-refractivity contribution >= 4 is 61.8 Å². The number of fused-ring (bicyclic) bond motifs is 1. The average molecular weight is 388 g/mol. The van der Waals surface area contributed by atoms with Crippen LogP contribution in [0.15, 0.2) is 23.6 Å². The summed E-state index contributed by atoms with van der Waals surface area (Å²) in [4.78, 5) is 6.48. The van der Waals surface area contributed by atoms with Gasteiger partial charge >= 0.3 is 0 Å². The van der Waals surface area contributed by atoms with Crippen molar-refractivity contribution in [2.45, 2.75) is 19.0 Å². The smallest absolute Gasteiger partial charge is 0.131 e. The molecule has 3 rings (SSSR count). The highest BCUT2D eigenvalue weighted by Crippen LogP contribution is 2.40. The monoisotopic (exact) mass is 387 g/mol. The third kappa shape index (κ3) is 3.79. The standard InChI is InChI=1S/C15H15Cl2N3OS2/c16-12-5-10(19-6-9-2-1-3-22-9)15-14(20-12)13(17)11(23-15)4-8(18)7-21/h1-3,5,8,21H,4,6-7,18H2,(H,19,20)/t8-/m0/s1. The Morgan fingerprint density at radius 2 is 2.22 bits per heavy atom. The van der Waals surface area contributed by atoms with E-state index in [-0.39, 0.29) is 12.6 Å². The summed E-state index contributed by atoms with van der Waals surface area (Å²) >= 11 is 15.8. The van der Waals surface area contributed by atoms with Gasteiger partial charge in [0, 0.05) is 34.8 Å². The fourth-order valence-corrected chi connectivity index (χ4v) is 4.65. The van der Waals surface area contributed by atoms with E-state index in [1.807, 2.05) is 11.4 Å². The number of hydrogen-bond donors (Lipinski definition) is 3. The third-order valence-electron chi connectivity index (χ3n) is 3.33. The number of thiophene rings is 2. The molecule has 8 heteroatoms. The van der Waals surface area contributed by atoms with Crippen LogP contribution in [0.3, 0.4) is 0 Å². The minimum absolute atomic E-state index is 0.0811. The predicted molar refractivity (Wildman–Crippen MR) is 100 cm³/mol. The van der Waals surface area contributed by atoms with E-state index in [0.29, 0.717) is 28.7 Å². The number of aliphatic hydroxyl groups is 1. The van der Waals surface area contributed by atoms with Crippen LogP contribution in [0.25, 0.3) is 10.2 Å². The van der Waals surface area contributed by atoms with Gasteiger partial charge in [-0.15, -0.1) is 22.7 Å². The van der Waals surface area contributed by atoms with Crippen molar-refractivity contribution in [3.8, 4) is 0 Å². The summed E-state index contributed by atoms with van der Waals surface area (Å²) < 4.78 is 0.955. The third-order valence-corrected chi connectivity index (χ3v) is 6.16. The number of aromatic nitrogens is 1. The highest BCUT2D eigenvalue weighted by atomic mass is 35.5. The lowest BCUT2D eigenvalue weighted by Gasteiger charge is -2.06. The Balaban J connectivity index is 1.95. The van der Waals surface area contributed by atoms with Gasteiger partial charge in [-0.1, -0.05) is 29.3 Å². The molecule has 0 saturated heterocycles. The minimum atomic E-state index is -0.335. The van der Waals surface area contributed by atoms with Crippen LogP contribution in [0.1, 0.15) is 9.75 Å². The van der Waals surface area contributed by atoms with Gasteiger partial charge < -0.3 is 16.2 Å². The first-order chi connectivity index (χ1) is 11.1. The Morgan fingerprint density at radius 3 is 2.91 bits per heavy atom. The topological polar surface area (TPSA) is 71.2 Å². The van der Waals surface area contributed by atoms with Gasteiger partial charge in [0.2, 0.25) is 0 Å². The van der Waals surface area contributed by atoms with Crippen molar-refractivity contribution in [3.63, 3.8) is 0 Å². The second kappa shape index (κ2) is 7.34. The fraction of sp³-hybridized carbons (Fsp3) is 0.267. The largest absolute Gasteiger partial charge is 0.395 e. The van der Waals surface area contributed by atoms with E-state index in [4.69, 9.17) is 34.0 Å². The molecule has 0 saturated carbocycles. The van der Waals surface area contributed by atoms with Gasteiger partial charge in [0.15, 0.2) is 0 Å². The number of nitrogens with two attached hydrogens (primary N) is 1. The molecule has 122 valence electrons. The van der Waals surface area contributed by atoms with Gasteiger partial charge in [-0.05, 0) is 11.4 Å². The van der Waals surface area contributed by atoms with E-state index >= 15 is 0 Å². The van der Waals surface area contributed by atoms with E-state index < -0.39 is 0 Å². The second-order valence-corrected chi connectivity index (χ2v) is 7.99. The summed E-state index contributed by atoms with van der Waals surface area (Å²) in [5, 5.41) is 15.5. The minimum Gasteiger partial charge on any atom is -0.395 e. The molecule has 0 aliphatic carbocycles. The predicted octanol–water partition coefficient (Wildman–Crippen LogP) is 4.14. The summed E-state index contributed by atoms with van der Waals surface area (Å²) in [6.45, 7) is 0.635. The van der Waals surface area contributed by atoms with Crippen LogP contribution in [-0.4, -0.2) is 22.7 Å². The van der Waals surface area contributed by atoms with Gasteiger partial charge in [-0.2, -0.15) is 0 Å². The number of halogens is 2. The van der Waals surface area contributed by atoms with Crippen LogP contribution in [0.2, 0.25) is 10.2 Å². The number of aliphatic hydroxyl groups excluding tert-OH is 1. The van der Waals surface area contributed by atoms with Crippen molar-refractivity contribution in [1.29, 1.82) is 0 Å². The van der Waals surface area contributed by atoms with Crippen molar-refractivity contribution in [2.24, 2.45) is 5.73 Å². The van der Waals surface area contributed by atoms with Crippen LogP contribution in [-0.2, 0) is 13.0 Å². The zero-order valence-electron chi connectivity index (χ0n) is 12.1. The SMILES string of the molecule is N[C@H](CO)Cc1sc2c(NCc3cccs3)cc(Cl)nc2c1Cl. The molecule has 0 aliphatic heterocycles. The van der Waals surface area contributed by atoms with Crippen LogP contribution < -0.4 is 11.1 Å². The van der Waals surface area contributed by atoms with Gasteiger partial charge in [0.1, 0.15) is 10.7 Å². The molecule has 4 N–H and O–H groups in total. The molecule has 3 aromatic rings. The molecule has 0 unspecified atom stereocenters. The Hall–Kier alpha value is -0.890. The number of nitrogens with zero attached hydrogens (tertiary/aromatic N) is 1. The maximum atomic E-state index is 9.14. The molecular formula is C15H15Cl2N3OS2. The van der Waals surface area contributed by atoms with E-state index in [0.717, 1.165) is 15.3 Å². The Morgan fingerprint density at radius 1 is 1.39 bits per heavy atom. The lowest BCUT2D eigenvalue weighted by atomic mass is 10.2. The van der Waals surface area contributed by atoms with Crippen LogP contribution in [0, 0.1) is 0 Å². The highest BCUT2D eigenvalue weighted by molar-refractivity contribution is 7.20. The molecule has 23 heavy (non-hydrogen) atoms. The second-order valence-electron chi connectivity index (χ2n) is 5.09.